The van der Waals surface area contributed by atoms with Gasteiger partial charge in [-0.2, -0.15) is 29.3 Å². The Labute approximate surface area is 235 Å². The first-order valence-corrected chi connectivity index (χ1v) is 15.3. The number of rotatable bonds is 0. The van der Waals surface area contributed by atoms with Crippen LogP contribution in [-0.2, 0) is 30.7 Å². The van der Waals surface area contributed by atoms with E-state index < -0.39 is 0 Å². The van der Waals surface area contributed by atoms with Crippen LogP contribution in [0.3, 0.4) is 0 Å². The van der Waals surface area contributed by atoms with E-state index in [0.29, 0.717) is 5.92 Å². The molecule has 2 aromatic rings. The molecule has 0 N–H and O–H groups in total. The van der Waals surface area contributed by atoms with E-state index in [4.69, 9.17) is 0 Å². The molecule has 2 atom stereocenters. The summed E-state index contributed by atoms with van der Waals surface area (Å²) >= 11 is 1.30. The third kappa shape index (κ3) is 3.59. The monoisotopic (exact) mass is 554 g/mol. The Hall–Kier alpha value is -1.59. The summed E-state index contributed by atoms with van der Waals surface area (Å²) in [5.74, 6) is 2.24. The Bertz CT molecular complexity index is 1180. The molecule has 0 spiro atoms. The number of hydrogen-bond donors (Lipinski definition) is 0. The first-order chi connectivity index (χ1) is 17.0. The molecule has 0 nitrogen and oxygen atoms in total. The molecule has 4 aliphatic rings. The molecule has 0 radical (unpaired) electrons. The molecule has 0 heterocycles. The van der Waals surface area contributed by atoms with Crippen LogP contribution in [0.1, 0.15) is 79.4 Å². The van der Waals surface area contributed by atoms with Gasteiger partial charge in [-0.25, -0.2) is 18.1 Å². The second kappa shape index (κ2) is 9.62. The molecule has 6 rings (SSSR count). The molecule has 0 bridgehead atoms. The average molecular weight is 556 g/mol. The van der Waals surface area contributed by atoms with Crippen molar-refractivity contribution in [1.29, 1.82) is 0 Å². The summed E-state index contributed by atoms with van der Waals surface area (Å²) < 4.78 is 3.34. The zero-order chi connectivity index (χ0) is 26.5. The quantitative estimate of drug-likeness (QED) is 0.284. The Balaban J connectivity index is 0.000000383. The first kappa shape index (κ1) is 27.4. The van der Waals surface area contributed by atoms with Crippen LogP contribution < -0.4 is 0 Å². The van der Waals surface area contributed by atoms with Gasteiger partial charge in [-0.15, -0.1) is 6.92 Å². The van der Waals surface area contributed by atoms with Gasteiger partial charge >= 0.3 is 28.4 Å². The zero-order valence-electron chi connectivity index (χ0n) is 23.8. The Morgan fingerprint density at radius 1 is 0.917 bits per heavy atom. The number of fused-ring (bicyclic) bond motifs is 6. The molecule has 1 heteroatoms. The molecule has 1 fully saturated rings. The standard InChI is InChI=1S/C29H37.C5H5.CH2.Zr/c1-18-25-22-17-19-13-9-10-14-20(19)24(22)21-15-11-12-16-23(21)29(25,8)28(6,7)27(4,5)26(18,2)3;1-2-4-5-3-1;;/h9-11,13-15,23H,12,16-17H2,1-8H3;1-5H;1H2;/q2*-1;;+2. The summed E-state index contributed by atoms with van der Waals surface area (Å²) in [5.41, 5.74) is 10.3. The summed E-state index contributed by atoms with van der Waals surface area (Å²) in [5, 5.41) is 0. The largest absolute Gasteiger partial charge is 0.214 e. The van der Waals surface area contributed by atoms with Crippen molar-refractivity contribution in [2.24, 2.45) is 27.6 Å². The molecular weight excluding hydrogens is 512 g/mol. The summed E-state index contributed by atoms with van der Waals surface area (Å²) in [7, 11) is 0. The molecule has 0 amide bonds. The summed E-state index contributed by atoms with van der Waals surface area (Å²) in [6.07, 6.45) is 8.50. The van der Waals surface area contributed by atoms with Crippen LogP contribution in [-0.4, -0.2) is 4.21 Å². The Morgan fingerprint density at radius 2 is 1.56 bits per heavy atom. The van der Waals surface area contributed by atoms with Gasteiger partial charge in [0.15, 0.2) is 0 Å². The van der Waals surface area contributed by atoms with Crippen molar-refractivity contribution in [2.45, 2.75) is 74.7 Å². The number of hydrogen-bond acceptors (Lipinski definition) is 0. The van der Waals surface area contributed by atoms with Crippen LogP contribution in [0.5, 0.6) is 0 Å². The first-order valence-electron chi connectivity index (χ1n) is 13.6. The molecule has 0 aliphatic heterocycles. The molecule has 4 aliphatic carbocycles. The molecular formula is C35H44Zr. The third-order valence-corrected chi connectivity index (χ3v) is 11.3. The molecule has 36 heavy (non-hydrogen) atoms. The predicted molar refractivity (Wildman–Crippen MR) is 153 cm³/mol. The van der Waals surface area contributed by atoms with Gasteiger partial charge in [0.1, 0.15) is 0 Å². The van der Waals surface area contributed by atoms with Crippen LogP contribution in [0.4, 0.5) is 0 Å². The summed E-state index contributed by atoms with van der Waals surface area (Å²) in [6.45, 7) is 20.3. The van der Waals surface area contributed by atoms with Crippen molar-refractivity contribution < 1.29 is 24.2 Å². The van der Waals surface area contributed by atoms with Crippen molar-refractivity contribution in [3.05, 3.63) is 101 Å². The maximum Gasteiger partial charge on any atom is -0.172 e. The smallest absolute Gasteiger partial charge is 0.172 e. The fourth-order valence-electron chi connectivity index (χ4n) is 7.89. The molecule has 0 saturated heterocycles. The van der Waals surface area contributed by atoms with Gasteiger partial charge in [-0.3, -0.25) is 0 Å². The van der Waals surface area contributed by atoms with E-state index >= 15 is 0 Å². The maximum atomic E-state index is 3.34. The van der Waals surface area contributed by atoms with E-state index in [-0.39, 0.29) is 21.7 Å². The fraction of sp³-hybridized carbons (Fsp3) is 0.457. The summed E-state index contributed by atoms with van der Waals surface area (Å²) in [6, 6.07) is 19.2. The fourth-order valence-corrected chi connectivity index (χ4v) is 7.89. The zero-order valence-corrected chi connectivity index (χ0v) is 26.2. The van der Waals surface area contributed by atoms with Gasteiger partial charge in [0.2, 0.25) is 0 Å². The number of allylic oxidation sites excluding steroid dienone is 6. The molecule has 2 unspecified atom stereocenters. The Morgan fingerprint density at radius 3 is 2.17 bits per heavy atom. The molecule has 0 aromatic heterocycles. The van der Waals surface area contributed by atoms with E-state index in [9.17, 15) is 0 Å². The maximum absolute atomic E-state index is 3.34. The second-order valence-electron chi connectivity index (χ2n) is 12.7. The van der Waals surface area contributed by atoms with Gasteiger partial charge in [0.05, 0.1) is 0 Å². The van der Waals surface area contributed by atoms with Crippen LogP contribution in [0.15, 0.2) is 83.5 Å². The van der Waals surface area contributed by atoms with Crippen LogP contribution in [0, 0.1) is 33.5 Å². The van der Waals surface area contributed by atoms with E-state index in [1.165, 1.54) is 48.2 Å². The van der Waals surface area contributed by atoms with Crippen LogP contribution >= 0.6 is 0 Å². The van der Waals surface area contributed by atoms with Crippen molar-refractivity contribution >= 4 is 9.78 Å². The van der Waals surface area contributed by atoms with Crippen molar-refractivity contribution in [1.82, 2.24) is 0 Å². The van der Waals surface area contributed by atoms with Crippen LogP contribution in [0.25, 0.3) is 5.57 Å². The second-order valence-corrected chi connectivity index (χ2v) is 12.7. The van der Waals surface area contributed by atoms with Crippen molar-refractivity contribution in [2.75, 3.05) is 0 Å². The number of benzene rings is 1. The molecule has 2 aromatic carbocycles. The van der Waals surface area contributed by atoms with Crippen molar-refractivity contribution in [3.63, 3.8) is 0 Å². The van der Waals surface area contributed by atoms with E-state index in [2.05, 4.69) is 96.0 Å². The SMILES string of the molecule is C[C-]1C2=C3Cc4ccccc4C3=C3C=CCCC3C2(C)C(C)(C)C(C)(C)C1(C)C.[CH2]=[Zr+2].c1cc[cH-]c1. The van der Waals surface area contributed by atoms with Gasteiger partial charge in [-0.1, -0.05) is 113 Å². The van der Waals surface area contributed by atoms with Gasteiger partial charge in [0, 0.05) is 0 Å². The van der Waals surface area contributed by atoms with E-state index in [1.807, 2.05) is 30.3 Å². The van der Waals surface area contributed by atoms with Gasteiger partial charge < -0.3 is 0 Å². The van der Waals surface area contributed by atoms with Crippen molar-refractivity contribution in [3.8, 4) is 0 Å². The minimum Gasteiger partial charge on any atom is -0.214 e. The van der Waals surface area contributed by atoms with Crippen LogP contribution in [0.2, 0.25) is 0 Å². The minimum atomic E-state index is 0.164. The molecule has 188 valence electrons. The Kier molecular flexibility index (Phi) is 7.33. The molecule has 1 saturated carbocycles. The van der Waals surface area contributed by atoms with Gasteiger partial charge in [0.25, 0.3) is 0 Å². The predicted octanol–water partition coefficient (Wildman–Crippen LogP) is 9.34. The normalized spacial score (nSPS) is 28.1. The third-order valence-electron chi connectivity index (χ3n) is 11.3. The van der Waals surface area contributed by atoms with E-state index in [1.54, 1.807) is 28.2 Å². The van der Waals surface area contributed by atoms with E-state index in [0.717, 1.165) is 6.42 Å². The van der Waals surface area contributed by atoms with Gasteiger partial charge in [-0.05, 0) is 40.6 Å². The topological polar surface area (TPSA) is 0 Å². The average Bonchev–Trinajstić information content (AvgIpc) is 3.56. The summed E-state index contributed by atoms with van der Waals surface area (Å²) in [4.78, 5) is 0. The minimum absolute atomic E-state index is 0.164.